The van der Waals surface area contributed by atoms with E-state index in [1.54, 1.807) is 19.2 Å². The molecule has 0 aliphatic heterocycles. The van der Waals surface area contributed by atoms with Gasteiger partial charge in [-0.25, -0.2) is 13.2 Å². The lowest BCUT2D eigenvalue weighted by atomic mass is 10.2. The smallest absolute Gasteiger partial charge is 0.339 e. The first-order chi connectivity index (χ1) is 9.79. The van der Waals surface area contributed by atoms with Gasteiger partial charge in [0.25, 0.3) is 0 Å². The molecule has 2 rings (SSSR count). The number of benzene rings is 1. The molecule has 112 valence electrons. The van der Waals surface area contributed by atoms with Crippen LogP contribution < -0.4 is 5.32 Å². The second-order valence-electron chi connectivity index (χ2n) is 4.58. The van der Waals surface area contributed by atoms with Gasteiger partial charge in [0.05, 0.1) is 23.3 Å². The van der Waals surface area contributed by atoms with Crippen molar-refractivity contribution in [3.8, 4) is 0 Å². The second-order valence-corrected chi connectivity index (χ2v) is 6.60. The number of aromatic carboxylic acids is 1. The van der Waals surface area contributed by atoms with Gasteiger partial charge in [0.1, 0.15) is 5.56 Å². The van der Waals surface area contributed by atoms with Gasteiger partial charge in [-0.3, -0.25) is 4.68 Å². The van der Waals surface area contributed by atoms with Gasteiger partial charge in [-0.15, -0.1) is 0 Å². The maximum Gasteiger partial charge on any atom is 0.339 e. The van der Waals surface area contributed by atoms with E-state index in [9.17, 15) is 13.2 Å². The van der Waals surface area contributed by atoms with E-state index in [1.165, 1.54) is 23.0 Å². The molecule has 1 aromatic carbocycles. The molecular weight excluding hydrogens is 294 g/mol. The fourth-order valence-electron chi connectivity index (χ4n) is 1.86. The number of hydrogen-bond donors (Lipinski definition) is 2. The van der Waals surface area contributed by atoms with Crippen LogP contribution in [0.3, 0.4) is 0 Å². The summed E-state index contributed by atoms with van der Waals surface area (Å²) in [5, 5.41) is 16.0. The van der Waals surface area contributed by atoms with Gasteiger partial charge < -0.3 is 10.4 Å². The first-order valence-electron chi connectivity index (χ1n) is 6.07. The van der Waals surface area contributed by atoms with Crippen LogP contribution in [-0.2, 0) is 23.4 Å². The Hall–Kier alpha value is -2.35. The lowest BCUT2D eigenvalue weighted by molar-refractivity contribution is 0.0695. The van der Waals surface area contributed by atoms with Crippen molar-refractivity contribution < 1.29 is 18.3 Å². The van der Waals surface area contributed by atoms with Crippen LogP contribution >= 0.6 is 0 Å². The number of aryl methyl sites for hydroxylation is 1. The molecule has 1 heterocycles. The Morgan fingerprint density at radius 2 is 1.95 bits per heavy atom. The van der Waals surface area contributed by atoms with Crippen LogP contribution in [0.4, 0.5) is 5.69 Å². The summed E-state index contributed by atoms with van der Waals surface area (Å²) >= 11 is 0. The normalized spacial score (nSPS) is 11.3. The molecule has 0 saturated heterocycles. The van der Waals surface area contributed by atoms with E-state index < -0.39 is 15.8 Å². The lowest BCUT2D eigenvalue weighted by Gasteiger charge is -2.08. The van der Waals surface area contributed by atoms with Crippen molar-refractivity contribution in [3.63, 3.8) is 0 Å². The van der Waals surface area contributed by atoms with Crippen molar-refractivity contribution in [1.82, 2.24) is 9.78 Å². The van der Waals surface area contributed by atoms with Gasteiger partial charge in [0, 0.05) is 19.0 Å². The third kappa shape index (κ3) is 3.40. The van der Waals surface area contributed by atoms with Crippen molar-refractivity contribution in [3.05, 3.63) is 41.7 Å². The number of carboxylic acid groups (broad SMARTS) is 1. The molecule has 0 radical (unpaired) electrons. The predicted molar refractivity (Wildman–Crippen MR) is 77.0 cm³/mol. The van der Waals surface area contributed by atoms with Crippen LogP contribution in [0.2, 0.25) is 0 Å². The summed E-state index contributed by atoms with van der Waals surface area (Å²) in [6.45, 7) is 0.274. The Labute approximate surface area is 122 Å². The molecule has 0 amide bonds. The third-order valence-corrected chi connectivity index (χ3v) is 4.16. The number of carbonyl (C=O) groups is 1. The monoisotopic (exact) mass is 309 g/mol. The Morgan fingerprint density at radius 3 is 2.48 bits per heavy atom. The minimum atomic E-state index is -3.22. The SMILES string of the molecule is Cn1ncc(C(=O)O)c1CNc1ccc(S(C)(=O)=O)cc1. The van der Waals surface area contributed by atoms with Crippen LogP contribution in [-0.4, -0.2) is 35.5 Å². The maximum atomic E-state index is 11.4. The van der Waals surface area contributed by atoms with Crippen LogP contribution in [0.25, 0.3) is 0 Å². The zero-order chi connectivity index (χ0) is 15.6. The number of nitrogens with zero attached hydrogens (tertiary/aromatic N) is 2. The third-order valence-electron chi connectivity index (χ3n) is 3.03. The van der Waals surface area contributed by atoms with Crippen molar-refractivity contribution in [2.75, 3.05) is 11.6 Å². The molecule has 7 nitrogen and oxygen atoms in total. The summed E-state index contributed by atoms with van der Waals surface area (Å²) in [5.74, 6) is -1.03. The molecule has 1 aromatic heterocycles. The van der Waals surface area contributed by atoms with Gasteiger partial charge in [-0.1, -0.05) is 0 Å². The average Bonchev–Trinajstić information content (AvgIpc) is 2.77. The van der Waals surface area contributed by atoms with Crippen molar-refractivity contribution in [1.29, 1.82) is 0 Å². The zero-order valence-electron chi connectivity index (χ0n) is 11.6. The van der Waals surface area contributed by atoms with E-state index in [-0.39, 0.29) is 17.0 Å². The topological polar surface area (TPSA) is 101 Å². The first kappa shape index (κ1) is 15.0. The quantitative estimate of drug-likeness (QED) is 0.858. The molecule has 0 atom stereocenters. The summed E-state index contributed by atoms with van der Waals surface area (Å²) < 4.78 is 24.2. The van der Waals surface area contributed by atoms with Gasteiger partial charge >= 0.3 is 5.97 Å². The molecule has 0 spiro atoms. The van der Waals surface area contributed by atoms with E-state index >= 15 is 0 Å². The minimum Gasteiger partial charge on any atom is -0.478 e. The number of anilines is 1. The number of nitrogens with one attached hydrogen (secondary N) is 1. The van der Waals surface area contributed by atoms with Crippen LogP contribution in [0, 0.1) is 0 Å². The molecule has 2 N–H and O–H groups in total. The predicted octanol–water partition coefficient (Wildman–Crippen LogP) is 1.13. The Bertz CT molecular complexity index is 763. The number of rotatable bonds is 5. The molecule has 0 saturated carbocycles. The van der Waals surface area contributed by atoms with Gasteiger partial charge in [-0.2, -0.15) is 5.10 Å². The number of sulfone groups is 1. The molecule has 0 unspecified atom stereocenters. The second kappa shape index (κ2) is 5.57. The first-order valence-corrected chi connectivity index (χ1v) is 7.96. The van der Waals surface area contributed by atoms with Gasteiger partial charge in [0.15, 0.2) is 9.84 Å². The highest BCUT2D eigenvalue weighted by Gasteiger charge is 2.14. The Kier molecular flexibility index (Phi) is 3.99. The van der Waals surface area contributed by atoms with Crippen LogP contribution in [0.15, 0.2) is 35.4 Å². The lowest BCUT2D eigenvalue weighted by Crippen LogP contribution is -2.10. The minimum absolute atomic E-state index is 0.137. The zero-order valence-corrected chi connectivity index (χ0v) is 12.4. The van der Waals surface area contributed by atoms with Crippen LogP contribution in [0.5, 0.6) is 0 Å². The molecule has 21 heavy (non-hydrogen) atoms. The number of hydrogen-bond acceptors (Lipinski definition) is 5. The number of aromatic nitrogens is 2. The maximum absolute atomic E-state index is 11.4. The van der Waals surface area contributed by atoms with E-state index in [0.717, 1.165) is 6.26 Å². The molecular formula is C13H15N3O4S. The summed E-state index contributed by atoms with van der Waals surface area (Å²) in [6.07, 6.45) is 2.44. The molecule has 0 aliphatic carbocycles. The van der Waals surface area contributed by atoms with Gasteiger partial charge in [0.2, 0.25) is 0 Å². The average molecular weight is 309 g/mol. The largest absolute Gasteiger partial charge is 0.478 e. The van der Waals surface area contributed by atoms with Crippen molar-refractivity contribution in [2.45, 2.75) is 11.4 Å². The van der Waals surface area contributed by atoms with Crippen LogP contribution in [0.1, 0.15) is 16.1 Å². The highest BCUT2D eigenvalue weighted by Crippen LogP contribution is 2.16. The fourth-order valence-corrected chi connectivity index (χ4v) is 2.49. The molecule has 0 fully saturated rings. The van der Waals surface area contributed by atoms with E-state index in [2.05, 4.69) is 10.4 Å². The molecule has 0 bridgehead atoms. The number of carboxylic acids is 1. The Morgan fingerprint density at radius 1 is 1.33 bits per heavy atom. The van der Waals surface area contributed by atoms with Crippen molar-refractivity contribution in [2.24, 2.45) is 7.05 Å². The van der Waals surface area contributed by atoms with Crippen molar-refractivity contribution >= 4 is 21.5 Å². The molecule has 2 aromatic rings. The summed E-state index contributed by atoms with van der Waals surface area (Å²) in [6, 6.07) is 6.26. The highest BCUT2D eigenvalue weighted by atomic mass is 32.2. The van der Waals surface area contributed by atoms with Gasteiger partial charge in [-0.05, 0) is 24.3 Å². The molecule has 8 heteroatoms. The highest BCUT2D eigenvalue weighted by molar-refractivity contribution is 7.90. The molecule has 0 aliphatic rings. The fraction of sp³-hybridized carbons (Fsp3) is 0.231. The summed E-state index contributed by atoms with van der Waals surface area (Å²) in [7, 11) is -1.56. The summed E-state index contributed by atoms with van der Waals surface area (Å²) in [4.78, 5) is 11.3. The van der Waals surface area contributed by atoms with E-state index in [0.29, 0.717) is 11.4 Å². The Balaban J connectivity index is 2.14. The van der Waals surface area contributed by atoms with E-state index in [4.69, 9.17) is 5.11 Å². The standard InChI is InChI=1S/C13H15N3O4S/c1-16-12(11(7-15-16)13(17)18)8-14-9-3-5-10(6-4-9)21(2,19)20/h3-7,14H,8H2,1-2H3,(H,17,18). The summed E-state index contributed by atoms with van der Waals surface area (Å²) in [5.41, 5.74) is 1.37. The van der Waals surface area contributed by atoms with E-state index in [1.807, 2.05) is 0 Å².